The lowest BCUT2D eigenvalue weighted by Gasteiger charge is -2.21. The van der Waals surface area contributed by atoms with Gasteiger partial charge in [-0.05, 0) is 35.8 Å². The molecule has 0 aliphatic heterocycles. The lowest BCUT2D eigenvalue weighted by Crippen LogP contribution is -2.53. The van der Waals surface area contributed by atoms with Gasteiger partial charge in [-0.3, -0.25) is 9.59 Å². The molecule has 0 bridgehead atoms. The molecular weight excluding hydrogens is 262 g/mol. The first-order chi connectivity index (χ1) is 6.83. The average molecular weight is 274 g/mol. The van der Waals surface area contributed by atoms with E-state index in [9.17, 15) is 9.59 Å². The van der Waals surface area contributed by atoms with E-state index in [1.54, 1.807) is 26.1 Å². The molecule has 1 aromatic rings. The van der Waals surface area contributed by atoms with Crippen LogP contribution in [0.1, 0.15) is 24.3 Å². The first kappa shape index (κ1) is 11.8. The third-order valence-corrected chi connectivity index (χ3v) is 2.39. The second-order valence-electron chi connectivity index (χ2n) is 3.67. The largest absolute Gasteiger partial charge is 0.368 e. The van der Waals surface area contributed by atoms with Crippen molar-refractivity contribution >= 4 is 27.7 Å². The summed E-state index contributed by atoms with van der Waals surface area (Å²) in [4.78, 5) is 25.3. The summed E-state index contributed by atoms with van der Waals surface area (Å²) >= 11 is 3.21. The molecule has 5 nitrogen and oxygen atoms in total. The van der Waals surface area contributed by atoms with E-state index >= 15 is 0 Å². The highest BCUT2D eigenvalue weighted by molar-refractivity contribution is 9.10. The van der Waals surface area contributed by atoms with Crippen molar-refractivity contribution in [1.82, 2.24) is 10.3 Å². The molecule has 0 fully saturated rings. The van der Waals surface area contributed by atoms with Crippen molar-refractivity contribution in [1.29, 1.82) is 0 Å². The standard InChI is InChI=1S/C9H12BrN3O2/c1-9(2,8(11)15)13-7(14)6-3-5(10)4-12-6/h3-4,12H,1-2H3,(H2,11,15)(H,13,14). The minimum absolute atomic E-state index is 0.371. The van der Waals surface area contributed by atoms with E-state index in [-0.39, 0.29) is 5.91 Å². The minimum atomic E-state index is -1.06. The first-order valence-electron chi connectivity index (χ1n) is 4.29. The van der Waals surface area contributed by atoms with E-state index in [4.69, 9.17) is 5.73 Å². The fourth-order valence-electron chi connectivity index (χ4n) is 0.912. The number of nitrogens with one attached hydrogen (secondary N) is 2. The molecule has 0 saturated carbocycles. The molecule has 82 valence electrons. The number of amides is 2. The molecule has 0 aliphatic rings. The van der Waals surface area contributed by atoms with E-state index in [0.29, 0.717) is 5.69 Å². The SMILES string of the molecule is CC(C)(NC(=O)c1cc(Br)c[nH]1)C(N)=O. The molecule has 15 heavy (non-hydrogen) atoms. The maximum atomic E-state index is 11.6. The van der Waals surface area contributed by atoms with Crippen molar-refractivity contribution in [3.63, 3.8) is 0 Å². The molecule has 0 aromatic carbocycles. The smallest absolute Gasteiger partial charge is 0.268 e. The second-order valence-corrected chi connectivity index (χ2v) is 4.59. The molecule has 1 rings (SSSR count). The molecule has 6 heteroatoms. The van der Waals surface area contributed by atoms with E-state index in [1.165, 1.54) is 0 Å². The zero-order chi connectivity index (χ0) is 11.6. The Kier molecular flexibility index (Phi) is 3.18. The van der Waals surface area contributed by atoms with Crippen molar-refractivity contribution in [3.8, 4) is 0 Å². The van der Waals surface area contributed by atoms with Gasteiger partial charge in [-0.15, -0.1) is 0 Å². The normalized spacial score (nSPS) is 11.1. The quantitative estimate of drug-likeness (QED) is 0.760. The van der Waals surface area contributed by atoms with E-state index in [1.807, 2.05) is 0 Å². The first-order valence-corrected chi connectivity index (χ1v) is 5.08. The van der Waals surface area contributed by atoms with Gasteiger partial charge < -0.3 is 16.0 Å². The van der Waals surface area contributed by atoms with Gasteiger partial charge in [0.05, 0.1) is 0 Å². The number of aromatic amines is 1. The van der Waals surface area contributed by atoms with Crippen LogP contribution >= 0.6 is 15.9 Å². The molecule has 1 aromatic heterocycles. The Hall–Kier alpha value is -1.30. The summed E-state index contributed by atoms with van der Waals surface area (Å²) in [6.07, 6.45) is 1.63. The highest BCUT2D eigenvalue weighted by Gasteiger charge is 2.27. The monoisotopic (exact) mass is 273 g/mol. The van der Waals surface area contributed by atoms with Gasteiger partial charge >= 0.3 is 0 Å². The van der Waals surface area contributed by atoms with Crippen molar-refractivity contribution in [3.05, 3.63) is 22.4 Å². The highest BCUT2D eigenvalue weighted by Crippen LogP contribution is 2.11. The van der Waals surface area contributed by atoms with Crippen LogP contribution in [0, 0.1) is 0 Å². The van der Waals surface area contributed by atoms with Crippen molar-refractivity contribution in [2.45, 2.75) is 19.4 Å². The summed E-state index contributed by atoms with van der Waals surface area (Å²) in [5, 5.41) is 2.52. The highest BCUT2D eigenvalue weighted by atomic mass is 79.9. The average Bonchev–Trinajstić information content (AvgIpc) is 2.50. The van der Waals surface area contributed by atoms with Crippen molar-refractivity contribution in [2.24, 2.45) is 5.73 Å². The third-order valence-electron chi connectivity index (χ3n) is 1.93. The molecule has 0 unspecified atom stereocenters. The van der Waals surface area contributed by atoms with Gasteiger partial charge in [0.1, 0.15) is 11.2 Å². The lowest BCUT2D eigenvalue weighted by molar-refractivity contribution is -0.122. The molecule has 0 atom stereocenters. The van der Waals surface area contributed by atoms with Gasteiger partial charge in [0.15, 0.2) is 0 Å². The predicted octanol–water partition coefficient (Wildman–Crippen LogP) is 0.771. The molecule has 2 amide bonds. The van der Waals surface area contributed by atoms with E-state index in [0.717, 1.165) is 4.47 Å². The van der Waals surface area contributed by atoms with Crippen LogP contribution in [0.4, 0.5) is 0 Å². The summed E-state index contributed by atoms with van der Waals surface area (Å²) in [6.45, 7) is 3.09. The van der Waals surface area contributed by atoms with Crippen LogP contribution in [0.3, 0.4) is 0 Å². The van der Waals surface area contributed by atoms with E-state index in [2.05, 4.69) is 26.2 Å². The zero-order valence-corrected chi connectivity index (χ0v) is 10.0. The third kappa shape index (κ3) is 2.82. The van der Waals surface area contributed by atoms with Gasteiger partial charge in [0.2, 0.25) is 5.91 Å². The van der Waals surface area contributed by atoms with Gasteiger partial charge in [-0.25, -0.2) is 0 Å². The van der Waals surface area contributed by atoms with Crippen molar-refractivity contribution in [2.75, 3.05) is 0 Å². The topological polar surface area (TPSA) is 88.0 Å². The van der Waals surface area contributed by atoms with Crippen LogP contribution in [-0.4, -0.2) is 22.3 Å². The Labute approximate surface area is 95.5 Å². The fraction of sp³-hybridized carbons (Fsp3) is 0.333. The maximum absolute atomic E-state index is 11.6. The summed E-state index contributed by atoms with van der Waals surface area (Å²) in [5.41, 5.74) is 4.44. The van der Waals surface area contributed by atoms with Crippen LogP contribution < -0.4 is 11.1 Å². The van der Waals surface area contributed by atoms with Crippen LogP contribution in [0.5, 0.6) is 0 Å². The van der Waals surface area contributed by atoms with Crippen molar-refractivity contribution < 1.29 is 9.59 Å². The van der Waals surface area contributed by atoms with E-state index < -0.39 is 11.4 Å². The predicted molar refractivity (Wildman–Crippen MR) is 59.2 cm³/mol. The molecule has 4 N–H and O–H groups in total. The Morgan fingerprint density at radius 2 is 2.13 bits per heavy atom. The molecule has 0 aliphatic carbocycles. The van der Waals surface area contributed by atoms with Gasteiger partial charge in [-0.2, -0.15) is 0 Å². The lowest BCUT2D eigenvalue weighted by atomic mass is 10.1. The van der Waals surface area contributed by atoms with Crippen LogP contribution in [0.25, 0.3) is 0 Å². The molecule has 1 heterocycles. The van der Waals surface area contributed by atoms with Gasteiger partial charge in [0, 0.05) is 10.7 Å². The van der Waals surface area contributed by atoms with Crippen LogP contribution in [0.2, 0.25) is 0 Å². The number of rotatable bonds is 3. The number of aromatic nitrogens is 1. The summed E-state index contributed by atoms with van der Waals surface area (Å²) < 4.78 is 0.768. The molecular formula is C9H12BrN3O2. The Morgan fingerprint density at radius 1 is 1.53 bits per heavy atom. The summed E-state index contributed by atoms with van der Waals surface area (Å²) in [5.74, 6) is -0.953. The number of halogens is 1. The summed E-state index contributed by atoms with van der Waals surface area (Å²) in [6, 6.07) is 1.62. The van der Waals surface area contributed by atoms with Crippen LogP contribution in [0.15, 0.2) is 16.7 Å². The number of H-pyrrole nitrogens is 1. The van der Waals surface area contributed by atoms with Gasteiger partial charge in [0.25, 0.3) is 5.91 Å². The number of carbonyl (C=O) groups is 2. The Bertz CT molecular complexity index is 398. The van der Waals surface area contributed by atoms with Gasteiger partial charge in [-0.1, -0.05) is 0 Å². The minimum Gasteiger partial charge on any atom is -0.368 e. The second kappa shape index (κ2) is 4.06. The Morgan fingerprint density at radius 3 is 2.53 bits per heavy atom. The molecule has 0 radical (unpaired) electrons. The zero-order valence-electron chi connectivity index (χ0n) is 8.43. The Balaban J connectivity index is 2.76. The maximum Gasteiger partial charge on any atom is 0.268 e. The number of primary amides is 1. The number of carbonyl (C=O) groups excluding carboxylic acids is 2. The number of hydrogen-bond acceptors (Lipinski definition) is 2. The molecule has 0 saturated heterocycles. The van der Waals surface area contributed by atoms with Crippen LogP contribution in [-0.2, 0) is 4.79 Å². The number of nitrogens with two attached hydrogens (primary N) is 1. The summed E-state index contributed by atoms with van der Waals surface area (Å²) in [7, 11) is 0. The number of hydrogen-bond donors (Lipinski definition) is 3. The fourth-order valence-corrected chi connectivity index (χ4v) is 1.26. The molecule has 0 spiro atoms.